The smallest absolute Gasteiger partial charge is 0.136 e. The summed E-state index contributed by atoms with van der Waals surface area (Å²) in [7, 11) is -5.15. The predicted molar refractivity (Wildman–Crippen MR) is 144 cm³/mol. The first-order chi connectivity index (χ1) is 15.3. The zero-order chi connectivity index (χ0) is 22.3. The highest BCUT2D eigenvalue weighted by Crippen LogP contribution is 2.31. The van der Waals surface area contributed by atoms with Crippen molar-refractivity contribution in [2.24, 2.45) is 0 Å². The largest absolute Gasteiger partial charge is 0.277 e. The molecule has 157 valence electrons. The van der Waals surface area contributed by atoms with E-state index in [-0.39, 0.29) is 0 Å². The standard InChI is InChI=1S/C28H26OPSi2/c1-31(2)25-11-7-5-9-21(25)23-15-13-19(17-27(23)31)30(29)20-14-16-24-22-10-6-8-12-26(22)32(3,4)28(24)18-20/h5-18H,1-4H3. The Labute approximate surface area is 193 Å². The van der Waals surface area contributed by atoms with Crippen LogP contribution in [0.25, 0.3) is 22.3 Å². The summed E-state index contributed by atoms with van der Waals surface area (Å²) in [6.45, 7) is 9.65. The van der Waals surface area contributed by atoms with Crippen LogP contribution < -0.4 is 31.4 Å². The van der Waals surface area contributed by atoms with Crippen LogP contribution in [-0.4, -0.2) is 16.1 Å². The van der Waals surface area contributed by atoms with Gasteiger partial charge in [-0.15, -0.1) is 0 Å². The van der Waals surface area contributed by atoms with Crippen LogP contribution in [-0.2, 0) is 4.57 Å². The van der Waals surface area contributed by atoms with E-state index in [1.54, 1.807) is 0 Å². The van der Waals surface area contributed by atoms with E-state index < -0.39 is 23.9 Å². The van der Waals surface area contributed by atoms with Crippen LogP contribution in [0.3, 0.4) is 0 Å². The van der Waals surface area contributed by atoms with Gasteiger partial charge in [0.2, 0.25) is 0 Å². The Morgan fingerprint density at radius 2 is 0.875 bits per heavy atom. The topological polar surface area (TPSA) is 17.1 Å². The highest BCUT2D eigenvalue weighted by atomic mass is 31.1. The first-order valence-corrected chi connectivity index (χ1v) is 18.5. The van der Waals surface area contributed by atoms with E-state index in [1.165, 1.54) is 43.0 Å². The van der Waals surface area contributed by atoms with Gasteiger partial charge in [-0.25, -0.2) is 0 Å². The van der Waals surface area contributed by atoms with E-state index in [0.29, 0.717) is 0 Å². The molecule has 0 unspecified atom stereocenters. The minimum atomic E-state index is -1.76. The molecule has 0 bridgehead atoms. The first kappa shape index (κ1) is 20.1. The molecule has 4 heteroatoms. The predicted octanol–water partition coefficient (Wildman–Crippen LogP) is 4.07. The van der Waals surface area contributed by atoms with Gasteiger partial charge in [0, 0.05) is 10.6 Å². The second-order valence-electron chi connectivity index (χ2n) is 10.1. The lowest BCUT2D eigenvalue weighted by molar-refractivity contribution is 0.598. The Kier molecular flexibility index (Phi) is 4.20. The zero-order valence-electron chi connectivity index (χ0n) is 18.9. The highest BCUT2D eigenvalue weighted by Gasteiger charge is 2.39. The summed E-state index contributed by atoms with van der Waals surface area (Å²) in [6.07, 6.45) is 0. The van der Waals surface area contributed by atoms with Crippen LogP contribution in [0.5, 0.6) is 0 Å². The molecule has 0 spiro atoms. The second-order valence-corrected chi connectivity index (χ2v) is 20.4. The quantitative estimate of drug-likeness (QED) is 0.322. The Bertz CT molecular complexity index is 1340. The van der Waals surface area contributed by atoms with Crippen molar-refractivity contribution in [1.82, 2.24) is 0 Å². The third-order valence-electron chi connectivity index (χ3n) is 7.60. The fraction of sp³-hybridized carbons (Fsp3) is 0.143. The molecule has 32 heavy (non-hydrogen) atoms. The fourth-order valence-corrected chi connectivity index (χ4v) is 13.4. The summed E-state index contributed by atoms with van der Waals surface area (Å²) in [4.78, 5) is 0. The van der Waals surface area contributed by atoms with E-state index in [4.69, 9.17) is 0 Å². The lowest BCUT2D eigenvalue weighted by Crippen LogP contribution is -2.50. The number of hydrogen-bond acceptors (Lipinski definition) is 1. The number of hydrogen-bond donors (Lipinski definition) is 0. The molecule has 0 aromatic heterocycles. The van der Waals surface area contributed by atoms with Crippen molar-refractivity contribution in [2.45, 2.75) is 26.2 Å². The molecule has 0 saturated heterocycles. The van der Waals surface area contributed by atoms with Crippen molar-refractivity contribution in [3.8, 4) is 22.3 Å². The Morgan fingerprint density at radius 1 is 0.500 bits per heavy atom. The van der Waals surface area contributed by atoms with Gasteiger partial charge in [0.25, 0.3) is 0 Å². The molecule has 0 fully saturated rings. The average Bonchev–Trinajstić information content (AvgIpc) is 3.18. The van der Waals surface area contributed by atoms with Gasteiger partial charge in [-0.2, -0.15) is 0 Å². The summed E-state index contributed by atoms with van der Waals surface area (Å²) in [5.74, 6) is 0. The molecule has 6 rings (SSSR count). The van der Waals surface area contributed by atoms with Gasteiger partial charge in [0.15, 0.2) is 0 Å². The number of fused-ring (bicyclic) bond motifs is 6. The van der Waals surface area contributed by atoms with Gasteiger partial charge in [0.05, 0.1) is 0 Å². The van der Waals surface area contributed by atoms with Crippen molar-refractivity contribution in [2.75, 3.05) is 0 Å². The lowest BCUT2D eigenvalue weighted by atomic mass is 10.1. The fourth-order valence-electron chi connectivity index (χ4n) is 5.79. The Hall–Kier alpha value is -2.59. The van der Waals surface area contributed by atoms with Gasteiger partial charge in [0.1, 0.15) is 23.9 Å². The Balaban J connectivity index is 1.43. The van der Waals surface area contributed by atoms with E-state index in [1.807, 2.05) is 0 Å². The molecular weight excluding hydrogens is 439 g/mol. The van der Waals surface area contributed by atoms with E-state index in [2.05, 4.69) is 111 Å². The normalized spacial score (nSPS) is 16.1. The molecule has 1 radical (unpaired) electrons. The maximum Gasteiger partial charge on any atom is 0.136 e. The van der Waals surface area contributed by atoms with E-state index in [9.17, 15) is 4.57 Å². The van der Waals surface area contributed by atoms with Gasteiger partial charge >= 0.3 is 0 Å². The summed E-state index contributed by atoms with van der Waals surface area (Å²) < 4.78 is 13.8. The van der Waals surface area contributed by atoms with Crippen molar-refractivity contribution < 1.29 is 4.57 Å². The minimum Gasteiger partial charge on any atom is -0.277 e. The van der Waals surface area contributed by atoms with Crippen molar-refractivity contribution in [3.63, 3.8) is 0 Å². The molecule has 2 heterocycles. The van der Waals surface area contributed by atoms with Crippen LogP contribution in [0.1, 0.15) is 0 Å². The summed E-state index contributed by atoms with van der Waals surface area (Å²) in [6, 6.07) is 30.7. The highest BCUT2D eigenvalue weighted by molar-refractivity contribution is 7.61. The maximum absolute atomic E-state index is 13.8. The number of rotatable bonds is 2. The van der Waals surface area contributed by atoms with E-state index >= 15 is 0 Å². The summed E-state index contributed by atoms with van der Waals surface area (Å²) in [5.41, 5.74) is 5.40. The molecule has 0 saturated carbocycles. The maximum atomic E-state index is 13.8. The summed E-state index contributed by atoms with van der Waals surface area (Å²) >= 11 is 0. The van der Waals surface area contributed by atoms with Crippen molar-refractivity contribution in [1.29, 1.82) is 0 Å². The summed E-state index contributed by atoms with van der Waals surface area (Å²) in [5, 5.41) is 7.74. The molecule has 0 atom stereocenters. The monoisotopic (exact) mass is 465 g/mol. The molecule has 2 aliphatic heterocycles. The molecule has 2 aliphatic rings. The second kappa shape index (κ2) is 6.71. The van der Waals surface area contributed by atoms with Gasteiger partial charge in [-0.05, 0) is 67.3 Å². The molecule has 1 nitrogen and oxygen atoms in total. The van der Waals surface area contributed by atoms with Gasteiger partial charge < -0.3 is 0 Å². The first-order valence-electron chi connectivity index (χ1n) is 11.3. The van der Waals surface area contributed by atoms with Crippen molar-refractivity contribution in [3.05, 3.63) is 84.9 Å². The lowest BCUT2D eigenvalue weighted by Gasteiger charge is -2.20. The SMILES string of the molecule is C[Si]1(C)c2ccccc2-c2ccc([P](=O)c3ccc4c(c3)[Si](C)(C)c3ccccc3-4)cc21. The third kappa shape index (κ3) is 2.62. The van der Waals surface area contributed by atoms with Crippen LogP contribution in [0.15, 0.2) is 84.9 Å². The van der Waals surface area contributed by atoms with Crippen LogP contribution in [0, 0.1) is 0 Å². The Morgan fingerprint density at radius 3 is 1.31 bits per heavy atom. The average molecular weight is 466 g/mol. The van der Waals surface area contributed by atoms with Crippen molar-refractivity contribution >= 4 is 55.3 Å². The van der Waals surface area contributed by atoms with Crippen LogP contribution in [0.2, 0.25) is 26.2 Å². The molecule has 0 amide bonds. The molecular formula is C28H26OPSi2. The zero-order valence-corrected chi connectivity index (χ0v) is 21.8. The van der Waals surface area contributed by atoms with E-state index in [0.717, 1.165) is 10.6 Å². The molecule has 4 aromatic rings. The molecule has 4 aromatic carbocycles. The van der Waals surface area contributed by atoms with Gasteiger partial charge in [-0.1, -0.05) is 86.9 Å². The number of benzene rings is 4. The minimum absolute atomic E-state index is 0.960. The van der Waals surface area contributed by atoms with Crippen LogP contribution in [0.4, 0.5) is 0 Å². The molecule has 0 aliphatic carbocycles. The third-order valence-corrected chi connectivity index (χ3v) is 16.2. The van der Waals surface area contributed by atoms with Gasteiger partial charge in [-0.3, -0.25) is 4.57 Å². The molecule has 0 N–H and O–H groups in total. The van der Waals surface area contributed by atoms with Crippen LogP contribution >= 0.6 is 7.80 Å².